The van der Waals surface area contributed by atoms with Gasteiger partial charge in [-0.3, -0.25) is 0 Å². The quantitative estimate of drug-likeness (QED) is 0.721. The van der Waals surface area contributed by atoms with E-state index in [2.05, 4.69) is 55.6 Å². The highest BCUT2D eigenvalue weighted by molar-refractivity contribution is 5.79. The number of hydrogen-bond acceptors (Lipinski definition) is 3. The van der Waals surface area contributed by atoms with Crippen molar-refractivity contribution < 1.29 is 0 Å². The first-order valence-electron chi connectivity index (χ1n) is 8.50. The van der Waals surface area contributed by atoms with Crippen LogP contribution in [-0.4, -0.2) is 17.0 Å². The third kappa shape index (κ3) is 3.16. The van der Waals surface area contributed by atoms with Crippen LogP contribution < -0.4 is 5.32 Å². The van der Waals surface area contributed by atoms with Gasteiger partial charge in [0.05, 0.1) is 17.1 Å². The molecule has 2 aromatic carbocycles. The number of nitrogens with one attached hydrogen (secondary N) is 1. The van der Waals surface area contributed by atoms with Crippen LogP contribution in [0, 0.1) is 0 Å². The van der Waals surface area contributed by atoms with Gasteiger partial charge in [0.2, 0.25) is 0 Å². The van der Waals surface area contributed by atoms with Gasteiger partial charge in [-0.25, -0.2) is 9.97 Å². The van der Waals surface area contributed by atoms with Crippen molar-refractivity contribution in [3.8, 4) is 22.5 Å². The first kappa shape index (κ1) is 16.2. The Hall–Kier alpha value is -2.68. The first-order chi connectivity index (χ1) is 11.8. The summed E-state index contributed by atoms with van der Waals surface area (Å²) < 4.78 is 0. The maximum atomic E-state index is 4.93. The topological polar surface area (TPSA) is 37.8 Å². The lowest BCUT2D eigenvalue weighted by Crippen LogP contribution is -2.05. The number of anilines is 1. The van der Waals surface area contributed by atoms with Gasteiger partial charge in [-0.1, -0.05) is 68.4 Å². The van der Waals surface area contributed by atoms with E-state index in [4.69, 9.17) is 9.97 Å². The SMILES string of the molecule is CCc1ccc(-c2nc(NC)c(CC)nc2-c2ccccc2)cc1. The molecule has 0 aliphatic rings. The van der Waals surface area contributed by atoms with Crippen molar-refractivity contribution in [1.29, 1.82) is 0 Å². The minimum absolute atomic E-state index is 0.845. The summed E-state index contributed by atoms with van der Waals surface area (Å²) in [6.07, 6.45) is 1.88. The van der Waals surface area contributed by atoms with E-state index in [-0.39, 0.29) is 0 Å². The Morgan fingerprint density at radius 3 is 1.96 bits per heavy atom. The van der Waals surface area contributed by atoms with E-state index < -0.39 is 0 Å². The Morgan fingerprint density at radius 1 is 0.750 bits per heavy atom. The van der Waals surface area contributed by atoms with Crippen LogP contribution >= 0.6 is 0 Å². The predicted molar refractivity (Wildman–Crippen MR) is 101 cm³/mol. The summed E-state index contributed by atoms with van der Waals surface area (Å²) in [4.78, 5) is 9.82. The molecule has 0 amide bonds. The molecule has 3 aromatic rings. The van der Waals surface area contributed by atoms with E-state index >= 15 is 0 Å². The van der Waals surface area contributed by atoms with Crippen molar-refractivity contribution in [2.24, 2.45) is 0 Å². The Labute approximate surface area is 143 Å². The Kier molecular flexibility index (Phi) is 4.90. The van der Waals surface area contributed by atoms with Gasteiger partial charge in [-0.15, -0.1) is 0 Å². The molecule has 0 spiro atoms. The van der Waals surface area contributed by atoms with Crippen molar-refractivity contribution in [3.63, 3.8) is 0 Å². The normalized spacial score (nSPS) is 10.6. The summed E-state index contributed by atoms with van der Waals surface area (Å²) in [7, 11) is 1.90. The van der Waals surface area contributed by atoms with Crippen LogP contribution in [0.1, 0.15) is 25.1 Å². The zero-order valence-electron chi connectivity index (χ0n) is 14.5. The standard InChI is InChI=1S/C21H23N3/c1-4-15-11-13-17(14-12-15)20-19(16-9-7-6-8-10-16)23-18(5-2)21(22-3)24-20/h6-14H,4-5H2,1-3H3,(H,22,24). The zero-order valence-corrected chi connectivity index (χ0v) is 14.5. The molecule has 122 valence electrons. The van der Waals surface area contributed by atoms with Gasteiger partial charge in [-0.05, 0) is 18.4 Å². The third-order valence-corrected chi connectivity index (χ3v) is 4.22. The maximum absolute atomic E-state index is 4.93. The lowest BCUT2D eigenvalue weighted by atomic mass is 10.0. The lowest BCUT2D eigenvalue weighted by Gasteiger charge is -2.14. The average molecular weight is 317 g/mol. The molecule has 0 saturated heterocycles. The van der Waals surface area contributed by atoms with E-state index in [0.717, 1.165) is 46.9 Å². The Morgan fingerprint density at radius 2 is 1.38 bits per heavy atom. The summed E-state index contributed by atoms with van der Waals surface area (Å²) in [5.74, 6) is 0.853. The highest BCUT2D eigenvalue weighted by Gasteiger charge is 2.15. The summed E-state index contributed by atoms with van der Waals surface area (Å²) in [5, 5.41) is 3.18. The minimum Gasteiger partial charge on any atom is -0.372 e. The fourth-order valence-electron chi connectivity index (χ4n) is 2.81. The minimum atomic E-state index is 0.845. The van der Waals surface area contributed by atoms with Crippen LogP contribution in [0.15, 0.2) is 54.6 Å². The predicted octanol–water partition coefficient (Wildman–Crippen LogP) is 4.98. The van der Waals surface area contributed by atoms with Gasteiger partial charge < -0.3 is 5.32 Å². The molecular weight excluding hydrogens is 294 g/mol. The monoisotopic (exact) mass is 317 g/mol. The van der Waals surface area contributed by atoms with Crippen LogP contribution in [0.2, 0.25) is 0 Å². The molecule has 0 atom stereocenters. The molecule has 0 saturated carbocycles. The van der Waals surface area contributed by atoms with Gasteiger partial charge in [0, 0.05) is 18.2 Å². The largest absolute Gasteiger partial charge is 0.372 e. The molecule has 0 unspecified atom stereocenters. The molecule has 0 aliphatic heterocycles. The summed E-state index contributed by atoms with van der Waals surface area (Å²) in [6.45, 7) is 4.27. The highest BCUT2D eigenvalue weighted by atomic mass is 15.0. The molecule has 0 fully saturated rings. The van der Waals surface area contributed by atoms with Gasteiger partial charge in [0.1, 0.15) is 5.82 Å². The van der Waals surface area contributed by atoms with Crippen molar-refractivity contribution >= 4 is 5.82 Å². The number of benzene rings is 2. The first-order valence-corrected chi connectivity index (χ1v) is 8.50. The number of nitrogens with zero attached hydrogens (tertiary/aromatic N) is 2. The molecular formula is C21H23N3. The smallest absolute Gasteiger partial charge is 0.148 e. The van der Waals surface area contributed by atoms with Crippen molar-refractivity contribution in [2.75, 3.05) is 12.4 Å². The maximum Gasteiger partial charge on any atom is 0.148 e. The van der Waals surface area contributed by atoms with Crippen LogP contribution in [0.4, 0.5) is 5.82 Å². The van der Waals surface area contributed by atoms with E-state index in [0.29, 0.717) is 0 Å². The molecule has 0 radical (unpaired) electrons. The van der Waals surface area contributed by atoms with Gasteiger partial charge in [0.15, 0.2) is 0 Å². The molecule has 3 heteroatoms. The van der Waals surface area contributed by atoms with E-state index in [1.54, 1.807) is 0 Å². The van der Waals surface area contributed by atoms with Crippen LogP contribution in [-0.2, 0) is 12.8 Å². The van der Waals surface area contributed by atoms with E-state index in [1.807, 2.05) is 25.2 Å². The number of aromatic nitrogens is 2. The average Bonchev–Trinajstić information content (AvgIpc) is 2.67. The molecule has 3 rings (SSSR count). The summed E-state index contributed by atoms with van der Waals surface area (Å²) >= 11 is 0. The number of hydrogen-bond donors (Lipinski definition) is 1. The lowest BCUT2D eigenvalue weighted by molar-refractivity contribution is 1.01. The van der Waals surface area contributed by atoms with Crippen LogP contribution in [0.3, 0.4) is 0 Å². The zero-order chi connectivity index (χ0) is 16.9. The van der Waals surface area contributed by atoms with Gasteiger partial charge in [-0.2, -0.15) is 0 Å². The molecule has 1 aromatic heterocycles. The molecule has 3 nitrogen and oxygen atoms in total. The van der Waals surface area contributed by atoms with Crippen molar-refractivity contribution in [3.05, 3.63) is 65.9 Å². The summed E-state index contributed by atoms with van der Waals surface area (Å²) in [5.41, 5.74) is 6.37. The fraction of sp³-hybridized carbons (Fsp3) is 0.238. The van der Waals surface area contributed by atoms with Gasteiger partial charge in [0.25, 0.3) is 0 Å². The molecule has 24 heavy (non-hydrogen) atoms. The van der Waals surface area contributed by atoms with Crippen LogP contribution in [0.5, 0.6) is 0 Å². The van der Waals surface area contributed by atoms with Crippen molar-refractivity contribution in [1.82, 2.24) is 9.97 Å². The third-order valence-electron chi connectivity index (χ3n) is 4.22. The molecule has 0 bridgehead atoms. The Bertz CT molecular complexity index is 808. The second kappa shape index (κ2) is 7.26. The Balaban J connectivity index is 2.21. The molecule has 0 aliphatic carbocycles. The molecule has 1 heterocycles. The summed E-state index contributed by atoms with van der Waals surface area (Å²) in [6, 6.07) is 18.9. The second-order valence-corrected chi connectivity index (χ2v) is 5.74. The van der Waals surface area contributed by atoms with Gasteiger partial charge >= 0.3 is 0 Å². The van der Waals surface area contributed by atoms with E-state index in [9.17, 15) is 0 Å². The second-order valence-electron chi connectivity index (χ2n) is 5.74. The number of aryl methyl sites for hydroxylation is 2. The fourth-order valence-corrected chi connectivity index (χ4v) is 2.81. The van der Waals surface area contributed by atoms with Crippen molar-refractivity contribution in [2.45, 2.75) is 26.7 Å². The molecule has 1 N–H and O–H groups in total. The van der Waals surface area contributed by atoms with Crippen LogP contribution in [0.25, 0.3) is 22.5 Å². The van der Waals surface area contributed by atoms with E-state index in [1.165, 1.54) is 5.56 Å². The highest BCUT2D eigenvalue weighted by Crippen LogP contribution is 2.31. The number of rotatable bonds is 5.